The highest BCUT2D eigenvalue weighted by molar-refractivity contribution is 7.09. The van der Waals surface area contributed by atoms with E-state index in [0.29, 0.717) is 29.1 Å². The maximum Gasteiger partial charge on any atom is 0.340 e. The lowest BCUT2D eigenvalue weighted by Crippen LogP contribution is -3.29. The zero-order chi connectivity index (χ0) is 20.3. The number of ketones is 1. The summed E-state index contributed by atoms with van der Waals surface area (Å²) in [6.07, 6.45) is 0. The van der Waals surface area contributed by atoms with Crippen molar-refractivity contribution in [2.24, 2.45) is 0 Å². The molecule has 0 amide bonds. The van der Waals surface area contributed by atoms with Crippen molar-refractivity contribution < 1.29 is 24.1 Å². The smallest absolute Gasteiger partial charge is 0.340 e. The number of aromatic amines is 1. The predicted octanol–water partition coefficient (Wildman–Crippen LogP) is 0.425. The van der Waals surface area contributed by atoms with E-state index in [1.807, 2.05) is 32.1 Å². The molecule has 28 heavy (non-hydrogen) atoms. The Morgan fingerprint density at radius 2 is 1.96 bits per heavy atom. The van der Waals surface area contributed by atoms with Crippen molar-refractivity contribution in [2.75, 3.05) is 32.8 Å². The number of hydrogen-bond donors (Lipinski definition) is 3. The largest absolute Gasteiger partial charge is 0.462 e. The predicted molar refractivity (Wildman–Crippen MR) is 109 cm³/mol. The maximum atomic E-state index is 13.1. The molecule has 2 aromatic rings. The van der Waals surface area contributed by atoms with Crippen LogP contribution in [-0.4, -0.2) is 55.6 Å². The van der Waals surface area contributed by atoms with Crippen molar-refractivity contribution in [3.05, 3.63) is 44.9 Å². The van der Waals surface area contributed by atoms with E-state index < -0.39 is 0 Å². The third kappa shape index (κ3) is 4.37. The molecule has 1 fully saturated rings. The number of ether oxygens (including phenoxy) is 1. The normalized spacial score (nSPS) is 20.7. The molecule has 1 aliphatic rings. The minimum Gasteiger partial charge on any atom is -0.462 e. The highest BCUT2D eigenvalue weighted by Gasteiger charge is 2.34. The molecule has 1 aliphatic heterocycles. The Kier molecular flexibility index (Phi) is 6.69. The summed E-state index contributed by atoms with van der Waals surface area (Å²) in [5.74, 6) is -0.286. The quantitative estimate of drug-likeness (QED) is 0.462. The minimum atomic E-state index is -0.362. The second-order valence-corrected chi connectivity index (χ2v) is 8.63. The van der Waals surface area contributed by atoms with Gasteiger partial charge in [0.2, 0.25) is 5.78 Å². The number of thiophene rings is 1. The van der Waals surface area contributed by atoms with Crippen molar-refractivity contribution >= 4 is 23.1 Å². The van der Waals surface area contributed by atoms with Gasteiger partial charge in [-0.3, -0.25) is 4.79 Å². The molecule has 7 heteroatoms. The number of hydrogen-bond acceptors (Lipinski definition) is 4. The second-order valence-electron chi connectivity index (χ2n) is 7.60. The standard InChI is InChI=1S/C21H29N3O3S/c1-5-27-21(26)18-14(2)19(22-15(18)3)20(25)16(4)24-10-8-23(9-11-24)13-17-7-6-12-28-17/h6-7,12,16,22H,5,8-11,13H2,1-4H3/p+2/t16-/m1/s1. The SMILES string of the molecule is CCOC(=O)c1c(C)[nH]c(C(=O)[C@@H](C)[NH+]2CC[NH+](Cc3cccs3)CC2)c1C. The molecule has 1 saturated heterocycles. The highest BCUT2D eigenvalue weighted by Crippen LogP contribution is 2.20. The molecule has 3 heterocycles. The maximum absolute atomic E-state index is 13.1. The number of carbonyl (C=O) groups is 2. The topological polar surface area (TPSA) is 68.0 Å². The van der Waals surface area contributed by atoms with Crippen molar-refractivity contribution in [1.29, 1.82) is 0 Å². The number of Topliss-reactive ketones (excluding diaryl/α,β-unsaturated/α-hetero) is 1. The number of quaternary nitrogens is 2. The summed E-state index contributed by atoms with van der Waals surface area (Å²) in [4.78, 5) is 32.8. The number of rotatable bonds is 7. The molecular weight excluding hydrogens is 374 g/mol. The van der Waals surface area contributed by atoms with Gasteiger partial charge >= 0.3 is 5.97 Å². The third-order valence-electron chi connectivity index (χ3n) is 5.77. The first kappa shape index (κ1) is 20.8. The van der Waals surface area contributed by atoms with Crippen LogP contribution in [0.25, 0.3) is 0 Å². The van der Waals surface area contributed by atoms with Crippen molar-refractivity contribution in [3.63, 3.8) is 0 Å². The lowest BCUT2D eigenvalue weighted by Gasteiger charge is -2.32. The van der Waals surface area contributed by atoms with Crippen LogP contribution in [0.3, 0.4) is 0 Å². The van der Waals surface area contributed by atoms with Gasteiger partial charge in [0.05, 0.1) is 22.7 Å². The molecule has 0 aromatic carbocycles. The Morgan fingerprint density at radius 3 is 2.57 bits per heavy atom. The molecule has 0 bridgehead atoms. The third-order valence-corrected chi connectivity index (χ3v) is 6.65. The molecular formula is C21H31N3O3S+2. The van der Waals surface area contributed by atoms with Crippen LogP contribution in [0.15, 0.2) is 17.5 Å². The first-order valence-corrected chi connectivity index (χ1v) is 10.9. The van der Waals surface area contributed by atoms with Gasteiger partial charge in [-0.2, -0.15) is 0 Å². The number of aryl methyl sites for hydroxylation is 1. The van der Waals surface area contributed by atoms with Gasteiger partial charge in [-0.1, -0.05) is 6.07 Å². The van der Waals surface area contributed by atoms with E-state index >= 15 is 0 Å². The fraction of sp³-hybridized carbons (Fsp3) is 0.524. The summed E-state index contributed by atoms with van der Waals surface area (Å²) < 4.78 is 5.14. The van der Waals surface area contributed by atoms with Crippen LogP contribution in [-0.2, 0) is 11.3 Å². The fourth-order valence-corrected chi connectivity index (χ4v) is 4.88. The van der Waals surface area contributed by atoms with Crippen LogP contribution in [0.2, 0.25) is 0 Å². The van der Waals surface area contributed by atoms with Gasteiger partial charge in [0.15, 0.2) is 6.04 Å². The number of aromatic nitrogens is 1. The Bertz CT molecular complexity index is 820. The van der Waals surface area contributed by atoms with Crippen molar-refractivity contribution in [3.8, 4) is 0 Å². The molecule has 2 aromatic heterocycles. The van der Waals surface area contributed by atoms with Gasteiger partial charge in [0, 0.05) is 5.69 Å². The van der Waals surface area contributed by atoms with E-state index in [1.165, 1.54) is 9.78 Å². The summed E-state index contributed by atoms with van der Waals surface area (Å²) in [6, 6.07) is 4.17. The van der Waals surface area contributed by atoms with E-state index in [0.717, 1.165) is 32.7 Å². The zero-order valence-electron chi connectivity index (χ0n) is 17.2. The summed E-state index contributed by atoms with van der Waals surface area (Å²) >= 11 is 1.81. The number of carbonyl (C=O) groups excluding carboxylic acids is 2. The molecule has 152 valence electrons. The Balaban J connectivity index is 1.63. The molecule has 3 N–H and O–H groups in total. The number of H-pyrrole nitrogens is 1. The zero-order valence-corrected chi connectivity index (χ0v) is 18.0. The number of esters is 1. The summed E-state index contributed by atoms with van der Waals surface area (Å²) in [7, 11) is 0. The van der Waals surface area contributed by atoms with Gasteiger partial charge < -0.3 is 19.5 Å². The van der Waals surface area contributed by atoms with Crippen LogP contribution in [0.4, 0.5) is 0 Å². The summed E-state index contributed by atoms with van der Waals surface area (Å²) in [5, 5.41) is 2.13. The van der Waals surface area contributed by atoms with E-state index in [4.69, 9.17) is 4.74 Å². The summed E-state index contributed by atoms with van der Waals surface area (Å²) in [6.45, 7) is 12.9. The van der Waals surface area contributed by atoms with Crippen LogP contribution in [0.5, 0.6) is 0 Å². The number of piperazine rings is 1. The Morgan fingerprint density at radius 1 is 1.25 bits per heavy atom. The van der Waals surface area contributed by atoms with Crippen LogP contribution in [0, 0.1) is 13.8 Å². The molecule has 0 radical (unpaired) electrons. The lowest BCUT2D eigenvalue weighted by atomic mass is 10.0. The van der Waals surface area contributed by atoms with Crippen LogP contribution >= 0.6 is 11.3 Å². The lowest BCUT2D eigenvalue weighted by molar-refractivity contribution is -1.02. The Labute approximate surface area is 170 Å². The van der Waals surface area contributed by atoms with Gasteiger partial charge in [-0.15, -0.1) is 11.3 Å². The molecule has 1 atom stereocenters. The first-order chi connectivity index (χ1) is 13.4. The minimum absolute atomic E-state index is 0.0767. The van der Waals surface area contributed by atoms with Gasteiger partial charge in [-0.05, 0) is 44.7 Å². The molecule has 6 nitrogen and oxygen atoms in total. The monoisotopic (exact) mass is 405 g/mol. The molecule has 0 aliphatic carbocycles. The van der Waals surface area contributed by atoms with E-state index in [2.05, 4.69) is 22.5 Å². The van der Waals surface area contributed by atoms with E-state index in [9.17, 15) is 9.59 Å². The van der Waals surface area contributed by atoms with E-state index in [1.54, 1.807) is 11.8 Å². The summed E-state index contributed by atoms with van der Waals surface area (Å²) in [5.41, 5.74) is 2.45. The average molecular weight is 406 g/mol. The fourth-order valence-electron chi connectivity index (χ4n) is 4.10. The molecule has 0 unspecified atom stereocenters. The van der Waals surface area contributed by atoms with Gasteiger partial charge in [0.25, 0.3) is 0 Å². The van der Waals surface area contributed by atoms with Crippen LogP contribution < -0.4 is 9.80 Å². The van der Waals surface area contributed by atoms with Crippen LogP contribution in [0.1, 0.15) is 50.8 Å². The van der Waals surface area contributed by atoms with Crippen molar-refractivity contribution in [2.45, 2.75) is 40.3 Å². The molecule has 0 spiro atoms. The average Bonchev–Trinajstić information content (AvgIpc) is 3.29. The molecule has 0 saturated carbocycles. The second kappa shape index (κ2) is 9.03. The Hall–Kier alpha value is -1.96. The highest BCUT2D eigenvalue weighted by atomic mass is 32.1. The molecule has 3 rings (SSSR count). The van der Waals surface area contributed by atoms with E-state index in [-0.39, 0.29) is 17.8 Å². The number of nitrogens with one attached hydrogen (secondary N) is 3. The first-order valence-electron chi connectivity index (χ1n) is 10.0. The van der Waals surface area contributed by atoms with Gasteiger partial charge in [0.1, 0.15) is 32.7 Å². The van der Waals surface area contributed by atoms with Crippen molar-refractivity contribution in [1.82, 2.24) is 4.98 Å². The van der Waals surface area contributed by atoms with Gasteiger partial charge in [-0.25, -0.2) is 4.79 Å².